The van der Waals surface area contributed by atoms with Crippen LogP contribution in [0.3, 0.4) is 0 Å². The minimum Gasteiger partial charge on any atom is -0.341 e. The topological polar surface area (TPSA) is 40.6 Å². The highest BCUT2D eigenvalue weighted by Gasteiger charge is 2.22. The quantitative estimate of drug-likeness (QED) is 0.839. The van der Waals surface area contributed by atoms with Gasteiger partial charge in [-0.2, -0.15) is 0 Å². The van der Waals surface area contributed by atoms with Crippen LogP contribution in [0.15, 0.2) is 18.2 Å². The first-order valence-electron chi connectivity index (χ1n) is 7.50. The molecule has 0 atom stereocenters. The molecule has 0 unspecified atom stereocenters. The molecule has 1 heterocycles. The molecule has 0 bridgehead atoms. The Morgan fingerprint density at radius 2 is 1.77 bits per heavy atom. The van der Waals surface area contributed by atoms with Gasteiger partial charge in [-0.05, 0) is 31.0 Å². The predicted molar refractivity (Wildman–Crippen MR) is 89.5 cm³/mol. The molecule has 22 heavy (non-hydrogen) atoms. The van der Waals surface area contributed by atoms with Crippen LogP contribution in [0.4, 0.5) is 5.69 Å². The van der Waals surface area contributed by atoms with E-state index in [1.807, 2.05) is 4.90 Å². The van der Waals surface area contributed by atoms with Crippen LogP contribution in [-0.4, -0.2) is 36.3 Å². The number of carbonyl (C=O) groups excluding carboxylic acids is 2. The van der Waals surface area contributed by atoms with Crippen LogP contribution in [0.5, 0.6) is 0 Å². The zero-order valence-electron chi connectivity index (χ0n) is 12.6. The largest absolute Gasteiger partial charge is 0.341 e. The maximum absolute atomic E-state index is 12.5. The van der Waals surface area contributed by atoms with Gasteiger partial charge in [0, 0.05) is 25.0 Å². The Labute approximate surface area is 141 Å². The number of benzene rings is 1. The normalized spacial score (nSPS) is 15.3. The van der Waals surface area contributed by atoms with E-state index in [0.29, 0.717) is 15.7 Å². The Kier molecular flexibility index (Phi) is 6.09. The van der Waals surface area contributed by atoms with E-state index >= 15 is 0 Å². The van der Waals surface area contributed by atoms with Crippen molar-refractivity contribution >= 4 is 40.7 Å². The Bertz CT molecular complexity index is 555. The van der Waals surface area contributed by atoms with E-state index in [-0.39, 0.29) is 18.4 Å². The Hall–Kier alpha value is -1.26. The first-order valence-corrected chi connectivity index (χ1v) is 8.25. The molecular weight excluding hydrogens is 323 g/mol. The average Bonchev–Trinajstić information content (AvgIpc) is 2.74. The van der Waals surface area contributed by atoms with Crippen molar-refractivity contribution < 1.29 is 9.59 Å². The second kappa shape index (κ2) is 7.84. The van der Waals surface area contributed by atoms with Crippen LogP contribution in [0.25, 0.3) is 0 Å². The third kappa shape index (κ3) is 4.37. The van der Waals surface area contributed by atoms with Gasteiger partial charge < -0.3 is 9.80 Å². The number of nitrogens with zero attached hydrogens (tertiary/aromatic N) is 2. The second-order valence-electron chi connectivity index (χ2n) is 5.50. The number of hydrogen-bond donors (Lipinski definition) is 0. The molecule has 1 saturated heterocycles. The van der Waals surface area contributed by atoms with Crippen LogP contribution < -0.4 is 4.90 Å². The van der Waals surface area contributed by atoms with Crippen LogP contribution in [0.1, 0.15) is 32.6 Å². The highest BCUT2D eigenvalue weighted by atomic mass is 35.5. The fourth-order valence-corrected chi connectivity index (χ4v) is 3.13. The molecule has 0 radical (unpaired) electrons. The molecule has 2 amide bonds. The van der Waals surface area contributed by atoms with Crippen molar-refractivity contribution in [2.45, 2.75) is 32.6 Å². The van der Waals surface area contributed by atoms with E-state index in [1.54, 1.807) is 18.2 Å². The molecule has 0 spiro atoms. The third-order valence-electron chi connectivity index (χ3n) is 3.83. The molecule has 120 valence electrons. The molecule has 0 N–H and O–H groups in total. The van der Waals surface area contributed by atoms with Gasteiger partial charge in [-0.1, -0.05) is 36.0 Å². The van der Waals surface area contributed by atoms with Crippen LogP contribution >= 0.6 is 23.2 Å². The monoisotopic (exact) mass is 342 g/mol. The maximum atomic E-state index is 12.5. The van der Waals surface area contributed by atoms with Gasteiger partial charge in [-0.3, -0.25) is 9.59 Å². The zero-order chi connectivity index (χ0) is 16.1. The Morgan fingerprint density at radius 1 is 1.14 bits per heavy atom. The number of halogens is 2. The maximum Gasteiger partial charge on any atom is 0.242 e. The second-order valence-corrected chi connectivity index (χ2v) is 6.34. The number of hydrogen-bond acceptors (Lipinski definition) is 2. The van der Waals surface area contributed by atoms with Crippen LogP contribution in [0, 0.1) is 0 Å². The summed E-state index contributed by atoms with van der Waals surface area (Å²) >= 11 is 12.0. The van der Waals surface area contributed by atoms with Gasteiger partial charge in [0.05, 0.1) is 10.7 Å². The Balaban J connectivity index is 2.14. The van der Waals surface area contributed by atoms with Crippen molar-refractivity contribution in [1.29, 1.82) is 0 Å². The molecule has 4 nitrogen and oxygen atoms in total. The van der Waals surface area contributed by atoms with E-state index in [9.17, 15) is 9.59 Å². The average molecular weight is 343 g/mol. The van der Waals surface area contributed by atoms with Gasteiger partial charge >= 0.3 is 0 Å². The molecule has 0 aromatic heterocycles. The first kappa shape index (κ1) is 17.1. The molecule has 1 aromatic rings. The lowest BCUT2D eigenvalue weighted by Gasteiger charge is -2.26. The number of likely N-dealkylation sites (tertiary alicyclic amines) is 1. The standard InChI is InChI=1S/C16H20Cl2N2O2/c1-12(21)20(15-7-6-13(17)10-14(15)18)11-16(22)19-8-4-2-3-5-9-19/h6-7,10H,2-5,8-9,11H2,1H3. The van der Waals surface area contributed by atoms with Gasteiger partial charge in [-0.15, -0.1) is 0 Å². The molecule has 6 heteroatoms. The Morgan fingerprint density at radius 3 is 2.32 bits per heavy atom. The van der Waals surface area contributed by atoms with E-state index in [1.165, 1.54) is 11.8 Å². The van der Waals surface area contributed by atoms with Crippen molar-refractivity contribution in [2.75, 3.05) is 24.5 Å². The highest BCUT2D eigenvalue weighted by molar-refractivity contribution is 6.36. The summed E-state index contributed by atoms with van der Waals surface area (Å²) in [6, 6.07) is 4.90. The molecular formula is C16H20Cl2N2O2. The minimum absolute atomic E-state index is 0.0106. The minimum atomic E-state index is -0.215. The number of anilines is 1. The summed E-state index contributed by atoms with van der Waals surface area (Å²) in [5.41, 5.74) is 0.515. The molecule has 1 aromatic carbocycles. The van der Waals surface area contributed by atoms with Crippen LogP contribution in [-0.2, 0) is 9.59 Å². The van der Waals surface area contributed by atoms with E-state index in [0.717, 1.165) is 38.8 Å². The molecule has 1 aliphatic rings. The van der Waals surface area contributed by atoms with Gasteiger partial charge in [0.1, 0.15) is 6.54 Å². The summed E-state index contributed by atoms with van der Waals surface area (Å²) < 4.78 is 0. The van der Waals surface area contributed by atoms with Crippen molar-refractivity contribution in [2.24, 2.45) is 0 Å². The predicted octanol–water partition coefficient (Wildman–Crippen LogP) is 3.75. The van der Waals surface area contributed by atoms with E-state index < -0.39 is 0 Å². The van der Waals surface area contributed by atoms with Gasteiger partial charge in [0.25, 0.3) is 0 Å². The molecule has 1 aliphatic heterocycles. The third-order valence-corrected chi connectivity index (χ3v) is 4.37. The SMILES string of the molecule is CC(=O)N(CC(=O)N1CCCCCC1)c1ccc(Cl)cc1Cl. The lowest BCUT2D eigenvalue weighted by atomic mass is 10.2. The fraction of sp³-hybridized carbons (Fsp3) is 0.500. The summed E-state index contributed by atoms with van der Waals surface area (Å²) in [5.74, 6) is -0.254. The summed E-state index contributed by atoms with van der Waals surface area (Å²) in [7, 11) is 0. The summed E-state index contributed by atoms with van der Waals surface area (Å²) in [4.78, 5) is 27.7. The fourth-order valence-electron chi connectivity index (χ4n) is 2.62. The number of carbonyl (C=O) groups is 2. The summed E-state index contributed by atoms with van der Waals surface area (Å²) in [6.45, 7) is 2.97. The van der Waals surface area contributed by atoms with Crippen molar-refractivity contribution in [1.82, 2.24) is 4.90 Å². The molecule has 2 rings (SSSR count). The number of rotatable bonds is 3. The van der Waals surface area contributed by atoms with E-state index in [2.05, 4.69) is 0 Å². The van der Waals surface area contributed by atoms with Gasteiger partial charge in [0.15, 0.2) is 0 Å². The highest BCUT2D eigenvalue weighted by Crippen LogP contribution is 2.29. The summed E-state index contributed by atoms with van der Waals surface area (Å²) in [5, 5.41) is 0.863. The smallest absolute Gasteiger partial charge is 0.242 e. The number of amides is 2. The van der Waals surface area contributed by atoms with Crippen LogP contribution in [0.2, 0.25) is 10.0 Å². The molecule has 0 saturated carbocycles. The molecule has 1 fully saturated rings. The summed E-state index contributed by atoms with van der Waals surface area (Å²) in [6.07, 6.45) is 4.35. The lowest BCUT2D eigenvalue weighted by Crippen LogP contribution is -2.42. The molecule has 0 aliphatic carbocycles. The van der Waals surface area contributed by atoms with Gasteiger partial charge in [0.2, 0.25) is 11.8 Å². The lowest BCUT2D eigenvalue weighted by molar-refractivity contribution is -0.131. The van der Waals surface area contributed by atoms with Crippen molar-refractivity contribution in [3.8, 4) is 0 Å². The van der Waals surface area contributed by atoms with Gasteiger partial charge in [-0.25, -0.2) is 0 Å². The zero-order valence-corrected chi connectivity index (χ0v) is 14.2. The first-order chi connectivity index (χ1) is 10.5. The van der Waals surface area contributed by atoms with Crippen molar-refractivity contribution in [3.05, 3.63) is 28.2 Å². The van der Waals surface area contributed by atoms with E-state index in [4.69, 9.17) is 23.2 Å². The van der Waals surface area contributed by atoms with Crippen molar-refractivity contribution in [3.63, 3.8) is 0 Å².